The third-order valence-corrected chi connectivity index (χ3v) is 10.8. The van der Waals surface area contributed by atoms with Crippen LogP contribution in [0.5, 0.6) is 0 Å². The lowest BCUT2D eigenvalue weighted by Gasteiger charge is -2.28. The Labute approximate surface area is 321 Å². The molecule has 0 aliphatic carbocycles. The highest BCUT2D eigenvalue weighted by atomic mass is 16.4. The summed E-state index contributed by atoms with van der Waals surface area (Å²) in [5.41, 5.74) is 4.73. The number of anilines is 2. The molecule has 0 saturated carbocycles. The van der Waals surface area contributed by atoms with E-state index in [0.717, 1.165) is 35.1 Å². The molecular weight excluding hydrogens is 691 g/mol. The summed E-state index contributed by atoms with van der Waals surface area (Å²) in [6, 6.07) is 33.1. The Balaban J connectivity index is 0.944. The maximum Gasteiger partial charge on any atom is 0.247 e. The van der Waals surface area contributed by atoms with Gasteiger partial charge in [0.25, 0.3) is 0 Å². The summed E-state index contributed by atoms with van der Waals surface area (Å²) >= 11 is 0. The van der Waals surface area contributed by atoms with Gasteiger partial charge in [0.15, 0.2) is 5.76 Å². The zero-order chi connectivity index (χ0) is 38.3. The SMILES string of the molecule is CC[C@@H](C(=O)N1CCC[C@H]1C(=O)Nc1ccc(-c2cnc(-c3ccc(NC(=O)[C@@H]4CCCN4C(=O)[C@H](CC)c4ccccc4)cc3)o2)cc1)c1ccccc1. The van der Waals surface area contributed by atoms with Crippen LogP contribution < -0.4 is 10.6 Å². The number of nitrogens with one attached hydrogen (secondary N) is 2. The average Bonchev–Trinajstić information content (AvgIpc) is 4.02. The van der Waals surface area contributed by atoms with Gasteiger partial charge in [0.1, 0.15) is 12.1 Å². The lowest BCUT2D eigenvalue weighted by molar-refractivity contribution is -0.138. The monoisotopic (exact) mass is 737 g/mol. The normalized spacial score (nSPS) is 17.8. The second-order valence-electron chi connectivity index (χ2n) is 14.3. The number of rotatable bonds is 12. The van der Waals surface area contributed by atoms with Crippen LogP contribution in [0.2, 0.25) is 0 Å². The predicted molar refractivity (Wildman–Crippen MR) is 213 cm³/mol. The van der Waals surface area contributed by atoms with E-state index in [1.807, 2.05) is 111 Å². The smallest absolute Gasteiger partial charge is 0.247 e. The summed E-state index contributed by atoms with van der Waals surface area (Å²) in [7, 11) is 0. The number of aromatic nitrogens is 1. The lowest BCUT2D eigenvalue weighted by atomic mass is 9.94. The minimum atomic E-state index is -0.515. The van der Waals surface area contributed by atoms with Crippen LogP contribution >= 0.6 is 0 Å². The largest absolute Gasteiger partial charge is 0.436 e. The lowest BCUT2D eigenvalue weighted by Crippen LogP contribution is -2.45. The molecule has 0 bridgehead atoms. The molecule has 0 unspecified atom stereocenters. The molecule has 2 fully saturated rings. The van der Waals surface area contributed by atoms with E-state index in [-0.39, 0.29) is 35.5 Å². The summed E-state index contributed by atoms with van der Waals surface area (Å²) in [5, 5.41) is 6.01. The van der Waals surface area contributed by atoms with Crippen molar-refractivity contribution in [3.05, 3.63) is 127 Å². The Morgan fingerprint density at radius 2 is 1.07 bits per heavy atom. The van der Waals surface area contributed by atoms with Crippen LogP contribution in [0.4, 0.5) is 11.4 Å². The summed E-state index contributed by atoms with van der Waals surface area (Å²) in [5.74, 6) is 0.0539. The summed E-state index contributed by atoms with van der Waals surface area (Å²) in [4.78, 5) is 61.9. The molecule has 4 aromatic carbocycles. The van der Waals surface area contributed by atoms with E-state index in [4.69, 9.17) is 4.42 Å². The van der Waals surface area contributed by atoms with Crippen molar-refractivity contribution in [1.29, 1.82) is 0 Å². The molecule has 3 heterocycles. The first kappa shape index (κ1) is 37.3. The fourth-order valence-electron chi connectivity index (χ4n) is 7.89. The number of oxazole rings is 1. The minimum absolute atomic E-state index is 0.00411. The van der Waals surface area contributed by atoms with Crippen molar-refractivity contribution in [2.24, 2.45) is 0 Å². The molecule has 2 aliphatic rings. The van der Waals surface area contributed by atoms with E-state index in [2.05, 4.69) is 15.6 Å². The number of amides is 4. The minimum Gasteiger partial charge on any atom is -0.436 e. The Morgan fingerprint density at radius 1 is 0.636 bits per heavy atom. The van der Waals surface area contributed by atoms with Crippen molar-refractivity contribution in [1.82, 2.24) is 14.8 Å². The first-order valence-corrected chi connectivity index (χ1v) is 19.3. The number of carbonyl (C=O) groups excluding carboxylic acids is 4. The molecule has 5 aromatic rings. The summed E-state index contributed by atoms with van der Waals surface area (Å²) in [6.07, 6.45) is 5.82. The van der Waals surface area contributed by atoms with E-state index >= 15 is 0 Å². The van der Waals surface area contributed by atoms with Gasteiger partial charge in [0.2, 0.25) is 29.5 Å². The summed E-state index contributed by atoms with van der Waals surface area (Å²) in [6.45, 7) is 5.14. The molecule has 4 amide bonds. The Morgan fingerprint density at radius 3 is 1.51 bits per heavy atom. The van der Waals surface area contributed by atoms with Gasteiger partial charge in [-0.2, -0.15) is 0 Å². The highest BCUT2D eigenvalue weighted by Crippen LogP contribution is 2.31. The zero-order valence-corrected chi connectivity index (χ0v) is 31.3. The number of nitrogens with zero attached hydrogens (tertiary/aromatic N) is 3. The second kappa shape index (κ2) is 17.0. The fraction of sp³-hybridized carbons (Fsp3) is 0.311. The third kappa shape index (κ3) is 8.23. The standard InChI is InChI=1S/C45H47N5O5/c1-3-36(30-13-7-5-8-14-30)44(53)49-27-11-17-38(49)41(51)47-34-23-19-32(20-24-34)40-29-46-43(55-40)33-21-25-35(26-22-33)48-42(52)39-18-12-28-50(39)45(54)37(4-2)31-15-9-6-10-16-31/h5-10,13-16,19-26,29,36-39H,3-4,11-12,17-18,27-28H2,1-2H3,(H,47,51)(H,48,52)/t36-,37-,38+,39+/m1/s1. The Kier molecular flexibility index (Phi) is 11.5. The van der Waals surface area contributed by atoms with Gasteiger partial charge in [-0.1, -0.05) is 74.5 Å². The first-order chi connectivity index (χ1) is 26.8. The number of hydrogen-bond donors (Lipinski definition) is 2. The van der Waals surface area contributed by atoms with Crippen molar-refractivity contribution in [2.45, 2.75) is 76.3 Å². The molecule has 282 valence electrons. The molecule has 2 aliphatic heterocycles. The van der Waals surface area contributed by atoms with E-state index in [0.29, 0.717) is 61.8 Å². The number of carbonyl (C=O) groups is 4. The van der Waals surface area contributed by atoms with E-state index in [9.17, 15) is 19.2 Å². The molecule has 55 heavy (non-hydrogen) atoms. The van der Waals surface area contributed by atoms with Gasteiger partial charge >= 0.3 is 0 Å². The van der Waals surface area contributed by atoms with E-state index in [1.54, 1.807) is 28.1 Å². The van der Waals surface area contributed by atoms with Crippen LogP contribution in [0.15, 0.2) is 120 Å². The zero-order valence-electron chi connectivity index (χ0n) is 31.3. The first-order valence-electron chi connectivity index (χ1n) is 19.3. The molecule has 2 N–H and O–H groups in total. The van der Waals surface area contributed by atoms with Crippen molar-refractivity contribution >= 4 is 35.0 Å². The molecule has 1 aromatic heterocycles. The van der Waals surface area contributed by atoms with Gasteiger partial charge in [0.05, 0.1) is 18.0 Å². The van der Waals surface area contributed by atoms with Crippen molar-refractivity contribution in [3.8, 4) is 22.8 Å². The van der Waals surface area contributed by atoms with Gasteiger partial charge in [-0.05, 0) is 98.2 Å². The van der Waals surface area contributed by atoms with Gasteiger partial charge in [0, 0.05) is 35.6 Å². The van der Waals surface area contributed by atoms with Crippen molar-refractivity contribution in [2.75, 3.05) is 23.7 Å². The topological polar surface area (TPSA) is 125 Å². The molecule has 7 rings (SSSR count). The maximum absolute atomic E-state index is 13.6. The third-order valence-electron chi connectivity index (χ3n) is 10.8. The van der Waals surface area contributed by atoms with E-state index in [1.165, 1.54) is 0 Å². The molecule has 10 heteroatoms. The van der Waals surface area contributed by atoms with Crippen LogP contribution in [-0.4, -0.2) is 63.6 Å². The van der Waals surface area contributed by atoms with Crippen molar-refractivity contribution < 1.29 is 23.6 Å². The maximum atomic E-state index is 13.6. The number of hydrogen-bond acceptors (Lipinski definition) is 6. The predicted octanol–water partition coefficient (Wildman–Crippen LogP) is 8.26. The molecule has 0 spiro atoms. The van der Waals surface area contributed by atoms with Crippen LogP contribution in [0.1, 0.15) is 75.3 Å². The van der Waals surface area contributed by atoms with Crippen LogP contribution in [0, 0.1) is 0 Å². The van der Waals surface area contributed by atoms with Gasteiger partial charge in [-0.15, -0.1) is 0 Å². The fourth-order valence-corrected chi connectivity index (χ4v) is 7.89. The molecular formula is C45H47N5O5. The molecule has 10 nitrogen and oxygen atoms in total. The molecule has 2 saturated heterocycles. The van der Waals surface area contributed by atoms with Crippen LogP contribution in [-0.2, 0) is 19.2 Å². The number of benzene rings is 4. The van der Waals surface area contributed by atoms with Gasteiger partial charge < -0.3 is 24.9 Å². The second-order valence-corrected chi connectivity index (χ2v) is 14.3. The van der Waals surface area contributed by atoms with Gasteiger partial charge in [-0.3, -0.25) is 19.2 Å². The Hall–Kier alpha value is -6.03. The van der Waals surface area contributed by atoms with Crippen LogP contribution in [0.3, 0.4) is 0 Å². The molecule has 4 atom stereocenters. The highest BCUT2D eigenvalue weighted by molar-refractivity contribution is 5.99. The number of likely N-dealkylation sites (tertiary alicyclic amines) is 2. The summed E-state index contributed by atoms with van der Waals surface area (Å²) < 4.78 is 6.11. The quantitative estimate of drug-likeness (QED) is 0.133. The molecule has 0 radical (unpaired) electrons. The van der Waals surface area contributed by atoms with Crippen molar-refractivity contribution in [3.63, 3.8) is 0 Å². The average molecular weight is 738 g/mol. The highest BCUT2D eigenvalue weighted by Gasteiger charge is 2.38. The van der Waals surface area contributed by atoms with E-state index < -0.39 is 12.1 Å². The van der Waals surface area contributed by atoms with Gasteiger partial charge in [-0.25, -0.2) is 4.98 Å². The van der Waals surface area contributed by atoms with Crippen LogP contribution in [0.25, 0.3) is 22.8 Å². The Bertz CT molecular complexity index is 1950.